The van der Waals surface area contributed by atoms with Gasteiger partial charge in [-0.25, -0.2) is 0 Å². The Morgan fingerprint density at radius 1 is 1.06 bits per heavy atom. The molecule has 0 amide bonds. The summed E-state index contributed by atoms with van der Waals surface area (Å²) in [5.41, 5.74) is 2.48. The number of hydrogen-bond acceptors (Lipinski definition) is 2. The van der Waals surface area contributed by atoms with Crippen LogP contribution in [-0.4, -0.2) is 13.2 Å². The average Bonchev–Trinajstić information content (AvgIpc) is 2.33. The molecule has 16 heavy (non-hydrogen) atoms. The summed E-state index contributed by atoms with van der Waals surface area (Å²) >= 11 is 0. The van der Waals surface area contributed by atoms with Crippen molar-refractivity contribution >= 4 is 6.08 Å². The zero-order chi connectivity index (χ0) is 11.4. The van der Waals surface area contributed by atoms with Crippen LogP contribution in [-0.2, 0) is 6.42 Å². The van der Waals surface area contributed by atoms with Crippen molar-refractivity contribution in [2.24, 2.45) is 0 Å². The van der Waals surface area contributed by atoms with E-state index in [2.05, 4.69) is 12.2 Å². The molecule has 0 saturated heterocycles. The second kappa shape index (κ2) is 5.06. The third-order valence-electron chi connectivity index (χ3n) is 2.72. The molecule has 2 rings (SSSR count). The van der Waals surface area contributed by atoms with Crippen molar-refractivity contribution < 1.29 is 9.47 Å². The summed E-state index contributed by atoms with van der Waals surface area (Å²) in [6, 6.07) is 4.02. The fourth-order valence-corrected chi connectivity index (χ4v) is 2.06. The van der Waals surface area contributed by atoms with Crippen LogP contribution in [0.4, 0.5) is 0 Å². The fourth-order valence-electron chi connectivity index (χ4n) is 2.06. The Hall–Kier alpha value is -1.44. The Bertz CT molecular complexity index is 394. The monoisotopic (exact) mass is 218 g/mol. The lowest BCUT2D eigenvalue weighted by molar-refractivity contribution is 0.326. The molecule has 2 nitrogen and oxygen atoms in total. The third kappa shape index (κ3) is 2.06. The predicted molar refractivity (Wildman–Crippen MR) is 66.1 cm³/mol. The SMILES string of the molecule is CCOc1ccc(OCC)c2c1C=CCC2. The first-order valence-corrected chi connectivity index (χ1v) is 5.94. The molecule has 0 fully saturated rings. The summed E-state index contributed by atoms with van der Waals surface area (Å²) in [7, 11) is 0. The molecule has 0 N–H and O–H groups in total. The van der Waals surface area contributed by atoms with Gasteiger partial charge in [-0.15, -0.1) is 0 Å². The van der Waals surface area contributed by atoms with Crippen molar-refractivity contribution in [3.63, 3.8) is 0 Å². The molecule has 0 spiro atoms. The van der Waals surface area contributed by atoms with E-state index in [1.807, 2.05) is 26.0 Å². The van der Waals surface area contributed by atoms with Gasteiger partial charge in [-0.3, -0.25) is 0 Å². The zero-order valence-electron chi connectivity index (χ0n) is 9.95. The topological polar surface area (TPSA) is 18.5 Å². The molecule has 0 radical (unpaired) electrons. The van der Waals surface area contributed by atoms with Crippen LogP contribution in [0.3, 0.4) is 0 Å². The highest BCUT2D eigenvalue weighted by Crippen LogP contribution is 2.35. The van der Waals surface area contributed by atoms with Gasteiger partial charge in [0.05, 0.1) is 13.2 Å². The van der Waals surface area contributed by atoms with Crippen molar-refractivity contribution in [1.29, 1.82) is 0 Å². The number of rotatable bonds is 4. The van der Waals surface area contributed by atoms with Crippen LogP contribution in [0.1, 0.15) is 31.4 Å². The molecule has 0 atom stereocenters. The molecule has 1 aromatic carbocycles. The van der Waals surface area contributed by atoms with Crippen molar-refractivity contribution in [1.82, 2.24) is 0 Å². The summed E-state index contributed by atoms with van der Waals surface area (Å²) < 4.78 is 11.3. The zero-order valence-corrected chi connectivity index (χ0v) is 9.95. The molecule has 0 heterocycles. The second-order valence-corrected chi connectivity index (χ2v) is 3.76. The first-order chi connectivity index (χ1) is 7.86. The number of allylic oxidation sites excluding steroid dienone is 1. The minimum Gasteiger partial charge on any atom is -0.494 e. The van der Waals surface area contributed by atoms with Gasteiger partial charge < -0.3 is 9.47 Å². The Balaban J connectivity index is 2.43. The maximum absolute atomic E-state index is 5.65. The van der Waals surface area contributed by atoms with Crippen LogP contribution in [0.5, 0.6) is 11.5 Å². The summed E-state index contributed by atoms with van der Waals surface area (Å²) in [5.74, 6) is 1.97. The van der Waals surface area contributed by atoms with Gasteiger partial charge in [0.2, 0.25) is 0 Å². The van der Waals surface area contributed by atoms with E-state index >= 15 is 0 Å². The normalized spacial score (nSPS) is 13.4. The molecule has 0 aliphatic heterocycles. The highest BCUT2D eigenvalue weighted by Gasteiger charge is 2.15. The predicted octanol–water partition coefficient (Wildman–Crippen LogP) is 3.44. The van der Waals surface area contributed by atoms with E-state index in [0.29, 0.717) is 13.2 Å². The molecule has 1 aromatic rings. The van der Waals surface area contributed by atoms with Crippen molar-refractivity contribution in [3.05, 3.63) is 29.3 Å². The fraction of sp³-hybridized carbons (Fsp3) is 0.429. The number of benzene rings is 1. The van der Waals surface area contributed by atoms with E-state index in [1.165, 1.54) is 11.1 Å². The number of fused-ring (bicyclic) bond motifs is 1. The largest absolute Gasteiger partial charge is 0.494 e. The lowest BCUT2D eigenvalue weighted by Gasteiger charge is -2.18. The Morgan fingerprint density at radius 3 is 2.50 bits per heavy atom. The van der Waals surface area contributed by atoms with E-state index in [1.54, 1.807) is 0 Å². The van der Waals surface area contributed by atoms with Crippen LogP contribution in [0.15, 0.2) is 18.2 Å². The molecule has 0 bridgehead atoms. The van der Waals surface area contributed by atoms with Gasteiger partial charge in [-0.2, -0.15) is 0 Å². The lowest BCUT2D eigenvalue weighted by atomic mass is 9.95. The van der Waals surface area contributed by atoms with E-state index in [-0.39, 0.29) is 0 Å². The van der Waals surface area contributed by atoms with Gasteiger partial charge >= 0.3 is 0 Å². The first kappa shape index (κ1) is 11.1. The van der Waals surface area contributed by atoms with E-state index in [0.717, 1.165) is 24.3 Å². The quantitative estimate of drug-likeness (QED) is 0.770. The van der Waals surface area contributed by atoms with Gasteiger partial charge in [0.1, 0.15) is 11.5 Å². The van der Waals surface area contributed by atoms with Gasteiger partial charge in [0.15, 0.2) is 0 Å². The summed E-state index contributed by atoms with van der Waals surface area (Å²) in [6.07, 6.45) is 6.47. The van der Waals surface area contributed by atoms with Gasteiger partial charge in [-0.05, 0) is 38.8 Å². The molecule has 86 valence electrons. The minimum atomic E-state index is 0.703. The van der Waals surface area contributed by atoms with Gasteiger partial charge in [0.25, 0.3) is 0 Å². The van der Waals surface area contributed by atoms with Gasteiger partial charge in [-0.1, -0.05) is 12.2 Å². The lowest BCUT2D eigenvalue weighted by Crippen LogP contribution is -2.04. The van der Waals surface area contributed by atoms with Crippen LogP contribution in [0.25, 0.3) is 6.08 Å². The smallest absolute Gasteiger partial charge is 0.127 e. The van der Waals surface area contributed by atoms with E-state index in [9.17, 15) is 0 Å². The molecule has 1 aliphatic carbocycles. The highest BCUT2D eigenvalue weighted by molar-refractivity contribution is 5.66. The van der Waals surface area contributed by atoms with Crippen LogP contribution < -0.4 is 9.47 Å². The molecule has 0 unspecified atom stereocenters. The second-order valence-electron chi connectivity index (χ2n) is 3.76. The van der Waals surface area contributed by atoms with E-state index < -0.39 is 0 Å². The summed E-state index contributed by atoms with van der Waals surface area (Å²) in [5, 5.41) is 0. The first-order valence-electron chi connectivity index (χ1n) is 5.94. The molecule has 0 aromatic heterocycles. The molecule has 2 heteroatoms. The van der Waals surface area contributed by atoms with Crippen molar-refractivity contribution in [3.8, 4) is 11.5 Å². The molecule has 0 saturated carbocycles. The Kier molecular flexibility index (Phi) is 3.50. The van der Waals surface area contributed by atoms with Crippen LogP contribution in [0.2, 0.25) is 0 Å². The maximum Gasteiger partial charge on any atom is 0.127 e. The van der Waals surface area contributed by atoms with Crippen LogP contribution >= 0.6 is 0 Å². The molecule has 1 aliphatic rings. The Morgan fingerprint density at radius 2 is 1.75 bits per heavy atom. The van der Waals surface area contributed by atoms with Gasteiger partial charge in [0, 0.05) is 11.1 Å². The minimum absolute atomic E-state index is 0.703. The van der Waals surface area contributed by atoms with Crippen molar-refractivity contribution in [2.75, 3.05) is 13.2 Å². The average molecular weight is 218 g/mol. The van der Waals surface area contributed by atoms with Crippen molar-refractivity contribution in [2.45, 2.75) is 26.7 Å². The molecular formula is C14H18O2. The number of hydrogen-bond donors (Lipinski definition) is 0. The summed E-state index contributed by atoms with van der Waals surface area (Å²) in [4.78, 5) is 0. The number of ether oxygens (including phenoxy) is 2. The Labute approximate surface area is 96.9 Å². The summed E-state index contributed by atoms with van der Waals surface area (Å²) in [6.45, 7) is 5.44. The third-order valence-corrected chi connectivity index (χ3v) is 2.72. The highest BCUT2D eigenvalue weighted by atomic mass is 16.5. The molecular weight excluding hydrogens is 200 g/mol. The van der Waals surface area contributed by atoms with E-state index in [4.69, 9.17) is 9.47 Å². The van der Waals surface area contributed by atoms with Crippen LogP contribution in [0, 0.1) is 0 Å². The standard InChI is InChI=1S/C14H18O2/c1-3-15-13-9-10-14(16-4-2)12-8-6-5-7-11(12)13/h5,7,9-10H,3-4,6,8H2,1-2H3. The maximum atomic E-state index is 5.65.